The Hall–Kier alpha value is -3.23. The number of fused-ring (bicyclic) bond motifs is 7. The number of hydrogen-bond donors (Lipinski definition) is 0. The van der Waals surface area contributed by atoms with Crippen molar-refractivity contribution in [1.29, 1.82) is 0 Å². The molecule has 8 bridgehead atoms. The Bertz CT molecular complexity index is 1780. The van der Waals surface area contributed by atoms with Gasteiger partial charge in [0, 0.05) is 5.56 Å². The van der Waals surface area contributed by atoms with Crippen molar-refractivity contribution in [2.45, 2.75) is 54.9 Å². The molecule has 6 rings (SSSR count). The number of Topliss-reactive ketones (excluding diaryl/α,β-unsaturated/α-hetero) is 1. The Balaban J connectivity index is 0.00000323. The van der Waals surface area contributed by atoms with Crippen molar-refractivity contribution in [2.75, 3.05) is 7.11 Å². The molecule has 3 atom stereocenters. The van der Waals surface area contributed by atoms with Crippen LogP contribution in [0.25, 0.3) is 29.1 Å². The molecule has 7 nitrogen and oxygen atoms in total. The zero-order valence-corrected chi connectivity index (χ0v) is 25.8. The molecule has 0 amide bonds. The van der Waals surface area contributed by atoms with Gasteiger partial charge in [0.05, 0.1) is 7.11 Å². The number of carbonyl (C=O) groups is 2. The fourth-order valence-electron chi connectivity index (χ4n) is 6.23. The molecular weight excluding hydrogens is 513 g/mol. The van der Waals surface area contributed by atoms with Crippen molar-refractivity contribution < 1.29 is 14.3 Å². The first kappa shape index (κ1) is 28.3. The number of aromatic nitrogens is 3. The molecule has 1 aliphatic carbocycles. The number of esters is 1. The van der Waals surface area contributed by atoms with Crippen molar-refractivity contribution in [2.24, 2.45) is 17.8 Å². The third kappa shape index (κ3) is 3.90. The smallest absolute Gasteiger partial charge is 0.664 e. The van der Waals surface area contributed by atoms with Gasteiger partial charge in [-0.05, 0) is 46.0 Å². The summed E-state index contributed by atoms with van der Waals surface area (Å²) in [7, 11) is 1.32. The molecule has 0 unspecified atom stereocenters. The summed E-state index contributed by atoms with van der Waals surface area (Å²) in [6.07, 6.45) is 6.90. The Morgan fingerprint density at radius 2 is 1.48 bits per heavy atom. The van der Waals surface area contributed by atoms with E-state index in [0.717, 1.165) is 67.7 Å². The molecule has 0 radical (unpaired) electrons. The Morgan fingerprint density at radius 1 is 0.850 bits per heavy atom. The van der Waals surface area contributed by atoms with E-state index in [4.69, 9.17) is 25.0 Å². The summed E-state index contributed by atoms with van der Waals surface area (Å²) in [6, 6.07) is 0. The van der Waals surface area contributed by atoms with Crippen LogP contribution in [0.3, 0.4) is 0 Å². The first-order valence-electron chi connectivity index (χ1n) is 13.5. The first-order valence-corrected chi connectivity index (χ1v) is 13.5. The van der Waals surface area contributed by atoms with Gasteiger partial charge < -0.3 is 25.0 Å². The van der Waals surface area contributed by atoms with Crippen LogP contribution in [0.5, 0.6) is 0 Å². The van der Waals surface area contributed by atoms with Crippen molar-refractivity contribution in [3.8, 4) is 0 Å². The van der Waals surface area contributed by atoms with Gasteiger partial charge in [0.2, 0.25) is 0 Å². The average molecular weight is 545 g/mol. The molecule has 1 fully saturated rings. The van der Waals surface area contributed by atoms with Crippen LogP contribution < -0.4 is 25.7 Å². The van der Waals surface area contributed by atoms with Crippen LogP contribution in [0.4, 0.5) is 0 Å². The van der Waals surface area contributed by atoms with E-state index < -0.39 is 11.9 Å². The first-order chi connectivity index (χ1) is 18.6. The normalized spacial score (nSPS) is 25.8. The Labute approximate surface area is 250 Å². The Kier molecular flexibility index (Phi) is 7.07. The molecule has 1 saturated heterocycles. The number of ether oxygens (including phenoxy) is 1. The van der Waals surface area contributed by atoms with Crippen LogP contribution in [-0.2, 0) is 16.0 Å². The van der Waals surface area contributed by atoms with Gasteiger partial charge in [-0.25, -0.2) is 0 Å². The molecule has 40 heavy (non-hydrogen) atoms. The second-order valence-electron chi connectivity index (χ2n) is 11.0. The SMILES string of the molecule is CCc1c(C)/c2[n-]/c1=C\c1[n-]c3c(c1C)C(=O)[C@H](C(=O)OC)/C3=C1/[N-]/C(=C\c3[n-]c(c(C)c3C)\C=2)[C@@H](C)[C@@H]1C.[Mg+2]. The third-order valence-electron chi connectivity index (χ3n) is 9.03. The predicted octanol–water partition coefficient (Wildman–Crippen LogP) is 3.34. The molecule has 0 aromatic carbocycles. The van der Waals surface area contributed by atoms with Gasteiger partial charge in [-0.3, -0.25) is 9.59 Å². The number of allylic oxidation sites excluding steroid dienone is 2. The molecule has 2 aliphatic heterocycles. The zero-order chi connectivity index (χ0) is 27.9. The van der Waals surface area contributed by atoms with Crippen molar-refractivity contribution >= 4 is 58.6 Å². The number of methoxy groups -OCH3 is 1. The minimum absolute atomic E-state index is 0. The average Bonchev–Trinajstić information content (AvgIpc) is 3.63. The molecule has 0 spiro atoms. The van der Waals surface area contributed by atoms with Crippen LogP contribution in [0.1, 0.15) is 81.7 Å². The van der Waals surface area contributed by atoms with E-state index in [1.165, 1.54) is 7.11 Å². The van der Waals surface area contributed by atoms with Gasteiger partial charge in [0.25, 0.3) is 0 Å². The molecule has 0 saturated carbocycles. The fourth-order valence-corrected chi connectivity index (χ4v) is 6.23. The van der Waals surface area contributed by atoms with Crippen LogP contribution in [0.2, 0.25) is 0 Å². The van der Waals surface area contributed by atoms with Crippen molar-refractivity contribution in [3.05, 3.63) is 83.6 Å². The van der Waals surface area contributed by atoms with Crippen molar-refractivity contribution in [1.82, 2.24) is 15.0 Å². The topological polar surface area (TPSA) is 99.8 Å². The minimum Gasteiger partial charge on any atom is -0.664 e. The molecular formula is C32H32MgN4O3-2. The summed E-state index contributed by atoms with van der Waals surface area (Å²) in [5, 5.41) is 6.79. The summed E-state index contributed by atoms with van der Waals surface area (Å²) >= 11 is 0. The van der Waals surface area contributed by atoms with E-state index in [1.54, 1.807) is 0 Å². The fraction of sp³-hybridized carbons (Fsp3) is 0.375. The maximum absolute atomic E-state index is 13.8. The predicted molar refractivity (Wildman–Crippen MR) is 156 cm³/mol. The molecule has 3 aliphatic rings. The summed E-state index contributed by atoms with van der Waals surface area (Å²) in [4.78, 5) is 41.7. The maximum Gasteiger partial charge on any atom is 2.00 e. The van der Waals surface area contributed by atoms with Gasteiger partial charge in [0.15, 0.2) is 5.78 Å². The molecule has 5 heterocycles. The molecule has 3 aromatic rings. The van der Waals surface area contributed by atoms with Crippen LogP contribution in [0, 0.1) is 45.4 Å². The number of rotatable bonds is 2. The van der Waals surface area contributed by atoms with Gasteiger partial charge >= 0.3 is 29.0 Å². The van der Waals surface area contributed by atoms with Gasteiger partial charge in [-0.2, -0.15) is 11.4 Å². The minimum atomic E-state index is -1.06. The quantitative estimate of drug-likeness (QED) is 0.279. The molecule has 8 heteroatoms. The monoisotopic (exact) mass is 544 g/mol. The summed E-state index contributed by atoms with van der Waals surface area (Å²) in [5.41, 5.74) is 10.9. The van der Waals surface area contributed by atoms with E-state index in [0.29, 0.717) is 22.5 Å². The van der Waals surface area contributed by atoms with Gasteiger partial charge in [-0.15, -0.1) is 33.5 Å². The van der Waals surface area contributed by atoms with Crippen LogP contribution >= 0.6 is 0 Å². The van der Waals surface area contributed by atoms with Crippen molar-refractivity contribution in [3.63, 3.8) is 0 Å². The second kappa shape index (κ2) is 9.99. The van der Waals surface area contributed by atoms with E-state index in [2.05, 4.69) is 47.6 Å². The van der Waals surface area contributed by atoms with Gasteiger partial charge in [0.1, 0.15) is 5.92 Å². The molecule has 0 N–H and O–H groups in total. The van der Waals surface area contributed by atoms with Crippen LogP contribution in [-0.4, -0.2) is 41.9 Å². The molecule has 3 aromatic heterocycles. The number of nitrogens with zero attached hydrogens (tertiary/aromatic N) is 4. The van der Waals surface area contributed by atoms with Crippen LogP contribution in [0.15, 0.2) is 11.4 Å². The third-order valence-corrected chi connectivity index (χ3v) is 9.03. The maximum atomic E-state index is 13.8. The van der Waals surface area contributed by atoms with E-state index in [-0.39, 0.29) is 40.7 Å². The Morgan fingerprint density at radius 3 is 2.12 bits per heavy atom. The summed E-state index contributed by atoms with van der Waals surface area (Å²) < 4.78 is 5.11. The summed E-state index contributed by atoms with van der Waals surface area (Å²) in [5.74, 6) is -1.87. The largest absolute Gasteiger partial charge is 2.00 e. The van der Waals surface area contributed by atoms with E-state index >= 15 is 0 Å². The number of carbonyl (C=O) groups excluding carboxylic acids is 2. The summed E-state index contributed by atoms with van der Waals surface area (Å²) in [6.45, 7) is 14.5. The molecule has 202 valence electrons. The van der Waals surface area contributed by atoms with Gasteiger partial charge in [-0.1, -0.05) is 72.4 Å². The number of hydrogen-bond acceptors (Lipinski definition) is 3. The second-order valence-corrected chi connectivity index (χ2v) is 11.0. The standard InChI is InChI=1S/C32H33N4O3.Mg/c1-9-19-17(6)23-11-21-14(3)13(2)20(33-21)10-22-15(4)16(5)29(35-22)27-28(32(38)39-8)31(37)26-18(7)24(36-30(26)27)12-25(19)34-23;/h10-12,15-16,28H,9H2,1-8H3,(H-,35,36,37);/q-3;+2/p-1/b22-10-,23-11-,25-12-;/t15-,16-,28+;/m0./s1. The number of ketones is 1. The van der Waals surface area contributed by atoms with E-state index in [9.17, 15) is 9.59 Å². The zero-order valence-electron chi connectivity index (χ0n) is 24.4. The van der Waals surface area contributed by atoms with E-state index in [1.807, 2.05) is 19.1 Å².